The molecule has 1 aliphatic carbocycles. The average Bonchev–Trinajstić information content (AvgIpc) is 3.64. The maximum Gasteiger partial charge on any atom is 0.257 e. The van der Waals surface area contributed by atoms with Crippen molar-refractivity contribution >= 4 is 33.4 Å². The molecule has 1 saturated carbocycles. The molecule has 34 heavy (non-hydrogen) atoms. The van der Waals surface area contributed by atoms with Crippen molar-refractivity contribution in [2.24, 2.45) is 5.41 Å². The molecular formula is C25H20BrClF2N2O3. The summed E-state index contributed by atoms with van der Waals surface area (Å²) in [6, 6.07) is 10.5. The van der Waals surface area contributed by atoms with Crippen LogP contribution in [0, 0.1) is 17.0 Å². The number of benzene rings is 2. The fourth-order valence-corrected chi connectivity index (χ4v) is 4.46. The van der Waals surface area contributed by atoms with Crippen molar-refractivity contribution < 1.29 is 28.9 Å². The Bertz CT molecular complexity index is 1440. The number of pyridine rings is 1. The SMILES string of the molecule is [2H]C([2H])(O)C1(C([2H])([2H])OC2(c3ccc(F)c(F)c3)c3ccc(Br)cc3C(=O)N2Cc2ccc(Cl)cn2)CC1. The predicted molar refractivity (Wildman–Crippen MR) is 125 cm³/mol. The van der Waals surface area contributed by atoms with Gasteiger partial charge in [0.15, 0.2) is 17.4 Å². The van der Waals surface area contributed by atoms with Crippen LogP contribution in [0.2, 0.25) is 5.02 Å². The van der Waals surface area contributed by atoms with Crippen LogP contribution in [0.15, 0.2) is 59.2 Å². The number of hydrogen-bond acceptors (Lipinski definition) is 4. The third-order valence-electron chi connectivity index (χ3n) is 5.98. The first-order chi connectivity index (χ1) is 17.7. The molecule has 2 heterocycles. The number of aromatic nitrogens is 1. The summed E-state index contributed by atoms with van der Waals surface area (Å²) in [4.78, 5) is 19.2. The Labute approximate surface area is 214 Å². The van der Waals surface area contributed by atoms with Gasteiger partial charge in [-0.15, -0.1) is 0 Å². The monoisotopic (exact) mass is 552 g/mol. The van der Waals surface area contributed by atoms with Gasteiger partial charge in [0, 0.05) is 32.8 Å². The van der Waals surface area contributed by atoms with Crippen molar-refractivity contribution in [1.82, 2.24) is 9.88 Å². The number of amides is 1. The number of aliphatic hydroxyl groups is 1. The lowest BCUT2D eigenvalue weighted by atomic mass is 9.92. The van der Waals surface area contributed by atoms with Gasteiger partial charge in [0.05, 0.1) is 35.9 Å². The summed E-state index contributed by atoms with van der Waals surface area (Å²) in [6.07, 6.45) is 1.27. The maximum atomic E-state index is 14.6. The molecule has 1 amide bonds. The first kappa shape index (κ1) is 18.9. The van der Waals surface area contributed by atoms with Gasteiger partial charge in [-0.3, -0.25) is 14.7 Å². The van der Waals surface area contributed by atoms with E-state index in [2.05, 4.69) is 20.9 Å². The second kappa shape index (κ2) is 8.68. The minimum atomic E-state index is -2.97. The average molecular weight is 554 g/mol. The molecule has 1 atom stereocenters. The maximum absolute atomic E-state index is 14.6. The minimum absolute atomic E-state index is 0.0444. The molecule has 1 N–H and O–H groups in total. The van der Waals surface area contributed by atoms with Crippen molar-refractivity contribution in [3.63, 3.8) is 0 Å². The standard InChI is InChI=1S/C25H20BrClF2N2O3/c26-16-2-5-20-19(10-16)23(33)31(12-18-4-3-17(27)11-30-18)25(20,34-14-24(13-32)7-8-24)15-1-6-21(28)22(29)9-15/h1-6,9-11,32H,7-8,12-14H2/i13D2,14D2. The molecule has 3 aromatic rings. The summed E-state index contributed by atoms with van der Waals surface area (Å²) in [6.45, 7) is -6.10. The summed E-state index contributed by atoms with van der Waals surface area (Å²) in [5.74, 6) is -3.04. The number of halogens is 4. The highest BCUT2D eigenvalue weighted by Gasteiger charge is 2.55. The van der Waals surface area contributed by atoms with Crippen molar-refractivity contribution in [3.05, 3.63) is 98.2 Å². The Balaban J connectivity index is 1.77. The molecule has 176 valence electrons. The van der Waals surface area contributed by atoms with E-state index in [4.69, 9.17) is 21.8 Å². The zero-order chi connectivity index (χ0) is 27.7. The topological polar surface area (TPSA) is 62.7 Å². The first-order valence-electron chi connectivity index (χ1n) is 12.3. The highest BCUT2D eigenvalue weighted by molar-refractivity contribution is 9.10. The van der Waals surface area contributed by atoms with E-state index >= 15 is 0 Å². The van der Waals surface area contributed by atoms with Gasteiger partial charge in [-0.1, -0.05) is 39.7 Å². The van der Waals surface area contributed by atoms with Gasteiger partial charge in [0.25, 0.3) is 5.91 Å². The molecule has 1 aromatic heterocycles. The van der Waals surface area contributed by atoms with E-state index in [1.807, 2.05) is 0 Å². The van der Waals surface area contributed by atoms with Gasteiger partial charge in [-0.25, -0.2) is 8.78 Å². The lowest BCUT2D eigenvalue weighted by Crippen LogP contribution is -2.47. The summed E-state index contributed by atoms with van der Waals surface area (Å²) in [7, 11) is 0. The van der Waals surface area contributed by atoms with Gasteiger partial charge in [-0.05, 0) is 49.2 Å². The van der Waals surface area contributed by atoms with E-state index in [0.717, 1.165) is 17.0 Å². The first-order valence-corrected chi connectivity index (χ1v) is 11.5. The van der Waals surface area contributed by atoms with E-state index in [-0.39, 0.29) is 36.1 Å². The number of carbonyl (C=O) groups is 1. The highest BCUT2D eigenvalue weighted by Crippen LogP contribution is 2.51. The number of rotatable bonds is 7. The fourth-order valence-electron chi connectivity index (χ4n) is 3.99. The smallest absolute Gasteiger partial charge is 0.257 e. The van der Waals surface area contributed by atoms with Crippen LogP contribution in [0.4, 0.5) is 8.78 Å². The van der Waals surface area contributed by atoms with Crippen LogP contribution in [0.25, 0.3) is 0 Å². The molecule has 0 bridgehead atoms. The summed E-state index contributed by atoms with van der Waals surface area (Å²) in [5.41, 5.74) is -3.69. The van der Waals surface area contributed by atoms with E-state index in [1.165, 1.54) is 24.4 Å². The van der Waals surface area contributed by atoms with Gasteiger partial charge in [0.1, 0.15) is 0 Å². The Kier molecular flexibility index (Phi) is 4.82. The summed E-state index contributed by atoms with van der Waals surface area (Å²) >= 11 is 9.29. The molecule has 9 heteroatoms. The Morgan fingerprint density at radius 2 is 1.97 bits per heavy atom. The lowest BCUT2D eigenvalue weighted by molar-refractivity contribution is -0.129. The van der Waals surface area contributed by atoms with Crippen molar-refractivity contribution in [3.8, 4) is 0 Å². The molecule has 0 saturated heterocycles. The summed E-state index contributed by atoms with van der Waals surface area (Å²) < 4.78 is 68.8. The highest BCUT2D eigenvalue weighted by atomic mass is 79.9. The zero-order valence-corrected chi connectivity index (χ0v) is 19.8. The van der Waals surface area contributed by atoms with E-state index in [0.29, 0.717) is 15.2 Å². The van der Waals surface area contributed by atoms with Crippen LogP contribution >= 0.6 is 27.5 Å². The predicted octanol–water partition coefficient (Wildman–Crippen LogP) is 5.42. The van der Waals surface area contributed by atoms with Crippen LogP contribution in [0.3, 0.4) is 0 Å². The molecule has 1 aliphatic heterocycles. The molecule has 1 unspecified atom stereocenters. The van der Waals surface area contributed by atoms with Crippen LogP contribution in [-0.2, 0) is 17.0 Å². The molecule has 0 spiro atoms. The fraction of sp³-hybridized carbons (Fsp3) is 0.280. The second-order valence-corrected chi connectivity index (χ2v) is 9.57. The molecule has 1 fully saturated rings. The third kappa shape index (κ3) is 3.92. The van der Waals surface area contributed by atoms with Crippen molar-refractivity contribution in [2.45, 2.75) is 25.1 Å². The van der Waals surface area contributed by atoms with Gasteiger partial charge < -0.3 is 9.84 Å². The molecule has 5 rings (SSSR count). The van der Waals surface area contributed by atoms with Gasteiger partial charge in [-0.2, -0.15) is 0 Å². The number of fused-ring (bicyclic) bond motifs is 1. The number of carbonyl (C=O) groups excluding carboxylic acids is 1. The Morgan fingerprint density at radius 3 is 2.62 bits per heavy atom. The van der Waals surface area contributed by atoms with Crippen LogP contribution in [-0.4, -0.2) is 34.0 Å². The summed E-state index contributed by atoms with van der Waals surface area (Å²) in [5, 5.41) is 10.6. The molecule has 2 aromatic carbocycles. The van der Waals surface area contributed by atoms with Gasteiger partial charge in [0.2, 0.25) is 0 Å². The normalized spacial score (nSPS) is 23.1. The third-order valence-corrected chi connectivity index (χ3v) is 6.70. The van der Waals surface area contributed by atoms with E-state index in [9.17, 15) is 18.7 Å². The largest absolute Gasteiger partial charge is 0.396 e. The lowest BCUT2D eigenvalue weighted by Gasteiger charge is -2.40. The van der Waals surface area contributed by atoms with Crippen molar-refractivity contribution in [1.29, 1.82) is 0 Å². The van der Waals surface area contributed by atoms with E-state index in [1.54, 1.807) is 18.2 Å². The number of ether oxygens (including phenoxy) is 1. The van der Waals surface area contributed by atoms with E-state index < -0.39 is 41.8 Å². The van der Waals surface area contributed by atoms with Crippen LogP contribution in [0.1, 0.15) is 45.5 Å². The van der Waals surface area contributed by atoms with Crippen molar-refractivity contribution in [2.75, 3.05) is 13.1 Å². The number of nitrogens with zero attached hydrogens (tertiary/aromatic N) is 2. The second-order valence-electron chi connectivity index (χ2n) is 8.22. The quantitative estimate of drug-likeness (QED) is 0.424. The molecule has 0 radical (unpaired) electrons. The van der Waals surface area contributed by atoms with Crippen LogP contribution < -0.4 is 0 Å². The zero-order valence-electron chi connectivity index (χ0n) is 21.5. The Hall–Kier alpha value is -2.39. The Morgan fingerprint density at radius 1 is 1.18 bits per heavy atom. The minimum Gasteiger partial charge on any atom is -0.396 e. The molecule has 5 nitrogen and oxygen atoms in total. The molecular weight excluding hydrogens is 530 g/mol. The van der Waals surface area contributed by atoms with Crippen LogP contribution in [0.5, 0.6) is 0 Å². The molecule has 2 aliphatic rings. The number of hydrogen-bond donors (Lipinski definition) is 1. The van der Waals surface area contributed by atoms with Gasteiger partial charge >= 0.3 is 0 Å².